The predicted octanol–water partition coefficient (Wildman–Crippen LogP) is 0.460. The van der Waals surface area contributed by atoms with Crippen LogP contribution in [0.5, 0.6) is 0 Å². The maximum Gasteiger partial charge on any atom is 0.0639 e. The van der Waals surface area contributed by atoms with E-state index >= 15 is 0 Å². The molecule has 1 aliphatic rings. The van der Waals surface area contributed by atoms with Crippen molar-refractivity contribution < 1.29 is 10.2 Å². The highest BCUT2D eigenvalue weighted by atomic mass is 16.3. The molecular formula is C10H21NO2. The van der Waals surface area contributed by atoms with Gasteiger partial charge in [0.2, 0.25) is 0 Å². The second-order valence-corrected chi connectivity index (χ2v) is 4.27. The van der Waals surface area contributed by atoms with E-state index in [2.05, 4.69) is 11.8 Å². The fraction of sp³-hybridized carbons (Fsp3) is 1.00. The summed E-state index contributed by atoms with van der Waals surface area (Å²) in [7, 11) is 0. The first-order valence-corrected chi connectivity index (χ1v) is 5.16. The highest BCUT2D eigenvalue weighted by Gasteiger charge is 2.25. The SMILES string of the molecule is CC(O)CN1CC[C@H](CO)C[C@@H]1C. The Balaban J connectivity index is 2.35. The molecule has 0 amide bonds. The predicted molar refractivity (Wildman–Crippen MR) is 52.5 cm³/mol. The third-order valence-electron chi connectivity index (χ3n) is 2.88. The van der Waals surface area contributed by atoms with Gasteiger partial charge in [0, 0.05) is 19.2 Å². The lowest BCUT2D eigenvalue weighted by atomic mass is 9.92. The quantitative estimate of drug-likeness (QED) is 0.674. The summed E-state index contributed by atoms with van der Waals surface area (Å²) in [6.45, 7) is 6.08. The molecule has 13 heavy (non-hydrogen) atoms. The van der Waals surface area contributed by atoms with Gasteiger partial charge in [0.05, 0.1) is 6.10 Å². The molecule has 0 radical (unpaired) electrons. The fourth-order valence-corrected chi connectivity index (χ4v) is 2.09. The first kappa shape index (κ1) is 11.0. The van der Waals surface area contributed by atoms with Crippen LogP contribution in [0.25, 0.3) is 0 Å². The van der Waals surface area contributed by atoms with E-state index in [-0.39, 0.29) is 6.10 Å². The molecule has 78 valence electrons. The lowest BCUT2D eigenvalue weighted by Gasteiger charge is -2.37. The Hall–Kier alpha value is -0.120. The minimum atomic E-state index is -0.242. The number of hydrogen-bond acceptors (Lipinski definition) is 3. The molecule has 1 aliphatic heterocycles. The van der Waals surface area contributed by atoms with Gasteiger partial charge in [-0.05, 0) is 39.2 Å². The molecule has 3 heteroatoms. The molecular weight excluding hydrogens is 166 g/mol. The number of hydrogen-bond donors (Lipinski definition) is 2. The topological polar surface area (TPSA) is 43.7 Å². The molecule has 1 rings (SSSR count). The fourth-order valence-electron chi connectivity index (χ4n) is 2.09. The smallest absolute Gasteiger partial charge is 0.0639 e. The van der Waals surface area contributed by atoms with Crippen LogP contribution >= 0.6 is 0 Å². The standard InChI is InChI=1S/C10H21NO2/c1-8-5-10(7-12)3-4-11(8)6-9(2)13/h8-10,12-13H,3-7H2,1-2H3/t8-,9?,10-/m0/s1. The molecule has 1 unspecified atom stereocenters. The number of β-amino-alcohol motifs (C(OH)–C–C–N with tert-alkyl or cyclic N) is 1. The Morgan fingerprint density at radius 1 is 1.54 bits per heavy atom. The largest absolute Gasteiger partial charge is 0.396 e. The maximum absolute atomic E-state index is 9.25. The van der Waals surface area contributed by atoms with E-state index < -0.39 is 0 Å². The van der Waals surface area contributed by atoms with Crippen LogP contribution in [0.4, 0.5) is 0 Å². The summed E-state index contributed by atoms with van der Waals surface area (Å²) < 4.78 is 0. The van der Waals surface area contributed by atoms with Crippen LogP contribution in [-0.4, -0.2) is 47.0 Å². The van der Waals surface area contributed by atoms with Crippen molar-refractivity contribution >= 4 is 0 Å². The Kier molecular flexibility index (Phi) is 4.16. The van der Waals surface area contributed by atoms with Gasteiger partial charge in [-0.25, -0.2) is 0 Å². The molecule has 0 saturated carbocycles. The normalized spacial score (nSPS) is 33.2. The zero-order chi connectivity index (χ0) is 9.84. The van der Waals surface area contributed by atoms with Gasteiger partial charge >= 0.3 is 0 Å². The summed E-state index contributed by atoms with van der Waals surface area (Å²) in [5, 5.41) is 18.3. The van der Waals surface area contributed by atoms with E-state index in [9.17, 15) is 5.11 Å². The lowest BCUT2D eigenvalue weighted by Crippen LogP contribution is -2.44. The Labute approximate surface area is 80.4 Å². The average molecular weight is 187 g/mol. The van der Waals surface area contributed by atoms with Gasteiger partial charge in [0.15, 0.2) is 0 Å². The molecule has 0 spiro atoms. The van der Waals surface area contributed by atoms with Crippen LogP contribution in [0.15, 0.2) is 0 Å². The Bertz CT molecular complexity index is 150. The van der Waals surface area contributed by atoms with E-state index in [1.807, 2.05) is 6.92 Å². The van der Waals surface area contributed by atoms with E-state index in [4.69, 9.17) is 5.11 Å². The van der Waals surface area contributed by atoms with Crippen molar-refractivity contribution in [1.29, 1.82) is 0 Å². The number of likely N-dealkylation sites (tertiary alicyclic amines) is 1. The zero-order valence-corrected chi connectivity index (χ0v) is 8.61. The van der Waals surface area contributed by atoms with Crippen molar-refractivity contribution in [3.8, 4) is 0 Å². The van der Waals surface area contributed by atoms with Gasteiger partial charge in [-0.3, -0.25) is 4.90 Å². The van der Waals surface area contributed by atoms with Gasteiger partial charge in [0.25, 0.3) is 0 Å². The molecule has 0 bridgehead atoms. The second kappa shape index (κ2) is 4.94. The number of piperidine rings is 1. The summed E-state index contributed by atoms with van der Waals surface area (Å²) in [5.41, 5.74) is 0. The number of aliphatic hydroxyl groups excluding tert-OH is 2. The zero-order valence-electron chi connectivity index (χ0n) is 8.61. The van der Waals surface area contributed by atoms with Crippen LogP contribution in [0.3, 0.4) is 0 Å². The molecule has 3 nitrogen and oxygen atoms in total. The molecule has 2 N–H and O–H groups in total. The first-order valence-electron chi connectivity index (χ1n) is 5.16. The maximum atomic E-state index is 9.25. The molecule has 0 aromatic heterocycles. The molecule has 1 heterocycles. The number of nitrogens with zero attached hydrogens (tertiary/aromatic N) is 1. The van der Waals surface area contributed by atoms with Crippen LogP contribution < -0.4 is 0 Å². The average Bonchev–Trinajstić information content (AvgIpc) is 2.08. The third-order valence-corrected chi connectivity index (χ3v) is 2.88. The summed E-state index contributed by atoms with van der Waals surface area (Å²) in [6.07, 6.45) is 1.88. The summed E-state index contributed by atoms with van der Waals surface area (Å²) in [4.78, 5) is 2.30. The third kappa shape index (κ3) is 3.25. The van der Waals surface area contributed by atoms with Crippen LogP contribution in [0, 0.1) is 5.92 Å². The van der Waals surface area contributed by atoms with Crippen LogP contribution in [0.1, 0.15) is 26.7 Å². The van der Waals surface area contributed by atoms with Crippen molar-refractivity contribution in [3.05, 3.63) is 0 Å². The van der Waals surface area contributed by atoms with Gasteiger partial charge in [-0.2, -0.15) is 0 Å². The minimum absolute atomic E-state index is 0.242. The van der Waals surface area contributed by atoms with Crippen molar-refractivity contribution in [2.45, 2.75) is 38.8 Å². The molecule has 1 saturated heterocycles. The summed E-state index contributed by atoms with van der Waals surface area (Å²) >= 11 is 0. The number of aliphatic hydroxyl groups is 2. The molecule has 0 aliphatic carbocycles. The van der Waals surface area contributed by atoms with Crippen LogP contribution in [0.2, 0.25) is 0 Å². The van der Waals surface area contributed by atoms with Crippen molar-refractivity contribution in [1.82, 2.24) is 4.90 Å². The highest BCUT2D eigenvalue weighted by Crippen LogP contribution is 2.22. The van der Waals surface area contributed by atoms with Gasteiger partial charge in [-0.15, -0.1) is 0 Å². The molecule has 0 aromatic rings. The van der Waals surface area contributed by atoms with E-state index in [0.717, 1.165) is 25.9 Å². The van der Waals surface area contributed by atoms with Crippen molar-refractivity contribution in [2.75, 3.05) is 19.7 Å². The molecule has 1 fully saturated rings. The number of rotatable bonds is 3. The van der Waals surface area contributed by atoms with E-state index in [0.29, 0.717) is 18.6 Å². The first-order chi connectivity index (χ1) is 6.13. The van der Waals surface area contributed by atoms with Crippen LogP contribution in [-0.2, 0) is 0 Å². The summed E-state index contributed by atoms with van der Waals surface area (Å²) in [5.74, 6) is 0.472. The highest BCUT2D eigenvalue weighted by molar-refractivity contribution is 4.79. The Morgan fingerprint density at radius 3 is 2.69 bits per heavy atom. The van der Waals surface area contributed by atoms with Gasteiger partial charge < -0.3 is 10.2 Å². The van der Waals surface area contributed by atoms with E-state index in [1.54, 1.807) is 0 Å². The molecule has 3 atom stereocenters. The summed E-state index contributed by atoms with van der Waals surface area (Å²) in [6, 6.07) is 0.500. The minimum Gasteiger partial charge on any atom is -0.396 e. The second-order valence-electron chi connectivity index (χ2n) is 4.27. The van der Waals surface area contributed by atoms with E-state index in [1.165, 1.54) is 0 Å². The van der Waals surface area contributed by atoms with Crippen molar-refractivity contribution in [2.24, 2.45) is 5.92 Å². The molecule has 0 aromatic carbocycles. The van der Waals surface area contributed by atoms with Gasteiger partial charge in [-0.1, -0.05) is 0 Å². The Morgan fingerprint density at radius 2 is 2.23 bits per heavy atom. The van der Waals surface area contributed by atoms with Crippen molar-refractivity contribution in [3.63, 3.8) is 0 Å². The monoisotopic (exact) mass is 187 g/mol. The van der Waals surface area contributed by atoms with Gasteiger partial charge in [0.1, 0.15) is 0 Å². The lowest BCUT2D eigenvalue weighted by molar-refractivity contribution is 0.0508.